The Bertz CT molecular complexity index is 5030. The van der Waals surface area contributed by atoms with Crippen LogP contribution in [0.25, 0.3) is 43.8 Å². The first kappa shape index (κ1) is 49.9. The van der Waals surface area contributed by atoms with Gasteiger partial charge >= 0.3 is 0 Å². The Kier molecular flexibility index (Phi) is 11.4. The molecule has 4 aliphatic rings. The first-order valence-electron chi connectivity index (χ1n) is 30.1. The first-order valence-corrected chi connectivity index (χ1v) is 30.1. The number of nitrogens with zero attached hydrogens (tertiary/aromatic N) is 3. The number of rotatable bonds is 9. The minimum Gasteiger partial charge on any atom is -0.458 e. The smallest absolute Gasteiger partial charge is 0.256 e. The van der Waals surface area contributed by atoms with Gasteiger partial charge < -0.3 is 28.9 Å². The van der Waals surface area contributed by atoms with E-state index in [1.807, 2.05) is 60.7 Å². The zero-order chi connectivity index (χ0) is 57.8. The molecule has 18 rings (SSSR count). The number of benzene rings is 14. The number of fused-ring (bicyclic) bond motifs is 10. The number of anilines is 9. The number of hydrogen-bond donors (Lipinski definition) is 0. The van der Waals surface area contributed by atoms with Crippen LogP contribution in [0.5, 0.6) is 34.5 Å². The van der Waals surface area contributed by atoms with Gasteiger partial charge in [0.2, 0.25) is 0 Å². The molecular weight excluding hydrogens is 1070 g/mol. The van der Waals surface area contributed by atoms with E-state index in [1.165, 1.54) is 60.1 Å². The van der Waals surface area contributed by atoms with Crippen LogP contribution in [-0.4, -0.2) is 13.4 Å². The van der Waals surface area contributed by atoms with Crippen molar-refractivity contribution in [3.8, 4) is 56.8 Å². The summed E-state index contributed by atoms with van der Waals surface area (Å²) in [6.07, 6.45) is 0. The summed E-state index contributed by atoms with van der Waals surface area (Å²) in [5.41, 5.74) is 21.3. The molecule has 0 N–H and O–H groups in total. The number of hydrogen-bond acceptors (Lipinski definition) is 6. The monoisotopic (exact) mass is 1120 g/mol. The molecule has 6 nitrogen and oxygen atoms in total. The van der Waals surface area contributed by atoms with E-state index in [4.69, 9.17) is 14.2 Å². The molecule has 0 radical (unpaired) electrons. The lowest BCUT2D eigenvalue weighted by atomic mass is 9.30. The van der Waals surface area contributed by atoms with Crippen molar-refractivity contribution in [3.05, 3.63) is 309 Å². The highest BCUT2D eigenvalue weighted by Gasteiger charge is 2.48. The summed E-state index contributed by atoms with van der Waals surface area (Å²) in [6, 6.07) is 111. The van der Waals surface area contributed by atoms with Crippen LogP contribution in [0.1, 0.15) is 0 Å². The molecule has 4 aliphatic heterocycles. The molecule has 14 aromatic rings. The average molecular weight is 1120 g/mol. The summed E-state index contributed by atoms with van der Waals surface area (Å²) in [4.78, 5) is 7.25. The van der Waals surface area contributed by atoms with Gasteiger partial charge in [0, 0.05) is 81.5 Å². The molecule has 0 fully saturated rings. The molecule has 410 valence electrons. The molecule has 0 aliphatic carbocycles. The molecule has 8 heteroatoms. The summed E-state index contributed by atoms with van der Waals surface area (Å²) < 4.78 is 21.3. The highest BCUT2D eigenvalue weighted by molar-refractivity contribution is 7.02. The zero-order valence-electron chi connectivity index (χ0n) is 47.7. The van der Waals surface area contributed by atoms with Crippen LogP contribution in [0.15, 0.2) is 309 Å². The van der Waals surface area contributed by atoms with Crippen molar-refractivity contribution in [3.63, 3.8) is 0 Å². The molecule has 88 heavy (non-hydrogen) atoms. The summed E-state index contributed by atoms with van der Waals surface area (Å²) in [7, 11) is 0. The lowest BCUT2D eigenvalue weighted by Crippen LogP contribution is -2.64. The molecule has 0 unspecified atom stereocenters. The van der Waals surface area contributed by atoms with Gasteiger partial charge in [-0.2, -0.15) is 0 Å². The molecule has 14 aromatic carbocycles. The van der Waals surface area contributed by atoms with Crippen LogP contribution >= 0.6 is 0 Å². The van der Waals surface area contributed by atoms with Gasteiger partial charge in [-0.25, -0.2) is 0 Å². The largest absolute Gasteiger partial charge is 0.458 e. The van der Waals surface area contributed by atoms with E-state index in [1.54, 1.807) is 0 Å². The summed E-state index contributed by atoms with van der Waals surface area (Å²) in [5, 5.41) is 4.89. The van der Waals surface area contributed by atoms with Crippen molar-refractivity contribution in [1.29, 1.82) is 0 Å². The lowest BCUT2D eigenvalue weighted by molar-refractivity contribution is 0.463. The molecule has 4 heterocycles. The Labute approximate surface area is 511 Å². The van der Waals surface area contributed by atoms with E-state index < -0.39 is 0 Å². The minimum absolute atomic E-state index is 0.160. The van der Waals surface area contributed by atoms with Gasteiger partial charge in [0.15, 0.2) is 0 Å². The third-order valence-corrected chi connectivity index (χ3v) is 18.1. The fourth-order valence-corrected chi connectivity index (χ4v) is 14.6. The first-order chi connectivity index (χ1) is 43.7. The van der Waals surface area contributed by atoms with E-state index in [0.717, 1.165) is 96.4 Å². The maximum Gasteiger partial charge on any atom is 0.256 e. The van der Waals surface area contributed by atoms with E-state index in [0.29, 0.717) is 5.75 Å². The fourth-order valence-electron chi connectivity index (χ4n) is 14.6. The molecule has 0 saturated carbocycles. The third kappa shape index (κ3) is 7.85. The maximum atomic E-state index is 7.53. The van der Waals surface area contributed by atoms with Gasteiger partial charge in [-0.05, 0) is 149 Å². The molecule has 0 atom stereocenters. The van der Waals surface area contributed by atoms with Crippen molar-refractivity contribution in [2.24, 2.45) is 0 Å². The Morgan fingerprint density at radius 3 is 1.15 bits per heavy atom. The van der Waals surface area contributed by atoms with Crippen molar-refractivity contribution < 1.29 is 14.2 Å². The van der Waals surface area contributed by atoms with Gasteiger partial charge in [-0.15, -0.1) is 0 Å². The Morgan fingerprint density at radius 2 is 0.636 bits per heavy atom. The van der Waals surface area contributed by atoms with Crippen LogP contribution in [-0.2, 0) is 0 Å². The molecule has 0 spiro atoms. The summed E-state index contributed by atoms with van der Waals surface area (Å²) >= 11 is 0. The van der Waals surface area contributed by atoms with Crippen LogP contribution in [0.3, 0.4) is 0 Å². The van der Waals surface area contributed by atoms with Crippen molar-refractivity contribution in [2.75, 3.05) is 14.7 Å². The van der Waals surface area contributed by atoms with Crippen molar-refractivity contribution in [2.45, 2.75) is 0 Å². The second-order valence-corrected chi connectivity index (χ2v) is 23.0. The van der Waals surface area contributed by atoms with E-state index in [-0.39, 0.29) is 13.4 Å². The average Bonchev–Trinajstić information content (AvgIpc) is 1.56. The van der Waals surface area contributed by atoms with Gasteiger partial charge in [0.25, 0.3) is 13.4 Å². The summed E-state index contributed by atoms with van der Waals surface area (Å²) in [6.45, 7) is -0.364. The Hall–Kier alpha value is -11.5. The van der Waals surface area contributed by atoms with Crippen LogP contribution in [0, 0.1) is 0 Å². The Morgan fingerprint density at radius 1 is 0.250 bits per heavy atom. The number of para-hydroxylation sites is 6. The topological polar surface area (TPSA) is 37.4 Å². The second-order valence-electron chi connectivity index (χ2n) is 23.0. The molecule has 0 amide bonds. The van der Waals surface area contributed by atoms with Crippen molar-refractivity contribution >= 4 is 119 Å². The highest BCUT2D eigenvalue weighted by atomic mass is 16.5. The molecular formula is C80H51B2N3O3. The second kappa shape index (κ2) is 20.1. The minimum atomic E-state index is -0.204. The van der Waals surface area contributed by atoms with Gasteiger partial charge in [-0.1, -0.05) is 206 Å². The van der Waals surface area contributed by atoms with Gasteiger partial charge in [0.1, 0.15) is 34.5 Å². The molecule has 0 aromatic heterocycles. The van der Waals surface area contributed by atoms with E-state index in [2.05, 4.69) is 263 Å². The lowest BCUT2D eigenvalue weighted by Gasteiger charge is -2.45. The maximum absolute atomic E-state index is 7.53. The predicted octanol–water partition coefficient (Wildman–Crippen LogP) is 17.4. The predicted molar refractivity (Wildman–Crippen MR) is 365 cm³/mol. The normalized spacial score (nSPS) is 13.0. The van der Waals surface area contributed by atoms with Crippen LogP contribution in [0.2, 0.25) is 0 Å². The Balaban J connectivity index is 0.839. The van der Waals surface area contributed by atoms with Gasteiger partial charge in [-0.3, -0.25) is 0 Å². The quantitative estimate of drug-likeness (QED) is 0.106. The highest BCUT2D eigenvalue weighted by Crippen LogP contribution is 2.50. The fraction of sp³-hybridized carbons (Fsp3) is 0. The van der Waals surface area contributed by atoms with Gasteiger partial charge in [0.05, 0.1) is 0 Å². The van der Waals surface area contributed by atoms with E-state index in [9.17, 15) is 0 Å². The zero-order valence-corrected chi connectivity index (χ0v) is 47.7. The van der Waals surface area contributed by atoms with Crippen LogP contribution < -0.4 is 61.7 Å². The van der Waals surface area contributed by atoms with E-state index >= 15 is 0 Å². The van der Waals surface area contributed by atoms with Crippen LogP contribution in [0.4, 0.5) is 51.2 Å². The molecule has 0 bridgehead atoms. The standard InChI is InChI=1S/C80H51B2N3O3/c1-6-24-52(25-7-1)77-61-34-16-18-36-63(61)78(64-37-19-17-35-62(64)77)53-42-44-56(45-43-53)84-70-41-23-21-39-66(70)82-68-50-67-71(51-75(68)88-76-49-60(48-74(84)80(76)82)87-58-32-14-5-15-33-58)85(55-28-10-3-11-29-55)73-47-59(86-57-30-12-4-13-31-57)46-72-79(73)81(67)65-38-20-22-40-69(65)83(72)54-26-8-2-9-27-54/h1-51H. The molecule has 0 saturated heterocycles. The number of ether oxygens (including phenoxy) is 3. The summed E-state index contributed by atoms with van der Waals surface area (Å²) in [5.74, 6) is 4.47. The van der Waals surface area contributed by atoms with Crippen molar-refractivity contribution in [1.82, 2.24) is 0 Å². The SMILES string of the molecule is c1ccc(Oc2cc3c4c(c2)N(c2ccc(-c5c6ccccc6c(-c6ccccc6)c6ccccc56)cc2)c2ccccc2B4c2cc4c(cc2O3)N(c2ccccc2)c2cc(Oc3ccccc3)cc3c2B4c2ccccc2N3c2ccccc2)cc1. The third-order valence-electron chi connectivity index (χ3n) is 18.1.